The van der Waals surface area contributed by atoms with Gasteiger partial charge < -0.3 is 5.32 Å². The van der Waals surface area contributed by atoms with Gasteiger partial charge in [-0.3, -0.25) is 14.3 Å². The molecule has 1 aliphatic rings. The van der Waals surface area contributed by atoms with Gasteiger partial charge in [-0.05, 0) is 42.5 Å². The molecule has 0 amide bonds. The Morgan fingerprint density at radius 1 is 1.21 bits per heavy atom. The number of nitrogens with zero attached hydrogens (tertiary/aromatic N) is 5. The maximum absolute atomic E-state index is 13.0. The van der Waals surface area contributed by atoms with Gasteiger partial charge in [0.15, 0.2) is 21.3 Å². The van der Waals surface area contributed by atoms with E-state index in [1.807, 2.05) is 0 Å². The number of halogens is 1. The van der Waals surface area contributed by atoms with E-state index in [1.54, 1.807) is 10.6 Å². The van der Waals surface area contributed by atoms with Crippen LogP contribution in [0.5, 0.6) is 0 Å². The molecule has 0 saturated heterocycles. The topological polar surface area (TPSA) is 120 Å². The number of hydrogen-bond acceptors (Lipinski definition) is 8. The first-order valence-corrected chi connectivity index (χ1v) is 11.4. The van der Waals surface area contributed by atoms with Gasteiger partial charge in [-0.15, -0.1) is 0 Å². The van der Waals surface area contributed by atoms with Crippen molar-refractivity contribution < 1.29 is 8.42 Å². The first-order valence-electron chi connectivity index (χ1n) is 9.13. The number of pyridine rings is 1. The molecule has 0 bridgehead atoms. The van der Waals surface area contributed by atoms with Gasteiger partial charge in [0.05, 0.1) is 23.3 Å². The Morgan fingerprint density at radius 2 is 2.00 bits per heavy atom. The van der Waals surface area contributed by atoms with Gasteiger partial charge in [-0.2, -0.15) is 4.98 Å². The summed E-state index contributed by atoms with van der Waals surface area (Å²) in [5, 5.41) is 3.07. The van der Waals surface area contributed by atoms with E-state index in [2.05, 4.69) is 25.3 Å². The molecule has 152 valence electrons. The third-order valence-electron chi connectivity index (χ3n) is 4.98. The van der Waals surface area contributed by atoms with Crippen LogP contribution in [0.1, 0.15) is 25.0 Å². The quantitative estimate of drug-likeness (QED) is 0.585. The Kier molecular flexibility index (Phi) is 5.22. The van der Waals surface area contributed by atoms with Gasteiger partial charge in [0.1, 0.15) is 5.52 Å². The molecule has 0 radical (unpaired) electrons. The third kappa shape index (κ3) is 4.23. The highest BCUT2D eigenvalue weighted by Gasteiger charge is 2.21. The van der Waals surface area contributed by atoms with Crippen molar-refractivity contribution in [2.45, 2.75) is 37.2 Å². The molecule has 29 heavy (non-hydrogen) atoms. The summed E-state index contributed by atoms with van der Waals surface area (Å²) in [7, 11) is -3.31. The molecule has 1 N–H and O–H groups in total. The normalized spacial score (nSPS) is 14.7. The minimum absolute atomic E-state index is 0.0666. The van der Waals surface area contributed by atoms with E-state index in [-0.39, 0.29) is 28.1 Å². The highest BCUT2D eigenvalue weighted by Crippen LogP contribution is 2.28. The molecular weight excluding hydrogens is 416 g/mol. The van der Waals surface area contributed by atoms with Gasteiger partial charge in [-0.25, -0.2) is 18.4 Å². The van der Waals surface area contributed by atoms with Crippen LogP contribution in [0, 0.1) is 5.92 Å². The summed E-state index contributed by atoms with van der Waals surface area (Å²) in [5.74, 6) is 0.599. The molecule has 3 aromatic rings. The summed E-state index contributed by atoms with van der Waals surface area (Å²) >= 11 is 5.92. The van der Waals surface area contributed by atoms with Crippen LogP contribution in [0.25, 0.3) is 11.2 Å². The molecule has 0 aliphatic heterocycles. The summed E-state index contributed by atoms with van der Waals surface area (Å²) in [5.41, 5.74) is 1.18. The first-order chi connectivity index (χ1) is 13.8. The lowest BCUT2D eigenvalue weighted by Gasteiger charge is -2.26. The van der Waals surface area contributed by atoms with E-state index in [0.29, 0.717) is 29.3 Å². The second-order valence-electron chi connectivity index (χ2n) is 7.13. The molecule has 9 nitrogen and oxygen atoms in total. The van der Waals surface area contributed by atoms with Gasteiger partial charge >= 0.3 is 0 Å². The molecule has 1 fully saturated rings. The number of sulfone groups is 1. The zero-order valence-corrected chi connectivity index (χ0v) is 17.2. The third-order valence-corrected chi connectivity index (χ3v) is 6.26. The first kappa shape index (κ1) is 19.7. The molecule has 0 aromatic carbocycles. The summed E-state index contributed by atoms with van der Waals surface area (Å²) in [6, 6.07) is 3.08. The summed E-state index contributed by atoms with van der Waals surface area (Å²) < 4.78 is 24.7. The summed E-state index contributed by atoms with van der Waals surface area (Å²) in [4.78, 5) is 29.8. The number of fused-ring (bicyclic) bond motifs is 1. The highest BCUT2D eigenvalue weighted by atomic mass is 35.5. The number of anilines is 1. The summed E-state index contributed by atoms with van der Waals surface area (Å²) in [6.45, 7) is 0.775. The van der Waals surface area contributed by atoms with Crippen molar-refractivity contribution in [2.75, 3.05) is 11.6 Å². The molecule has 0 spiro atoms. The van der Waals surface area contributed by atoms with Crippen molar-refractivity contribution in [2.24, 2.45) is 5.92 Å². The van der Waals surface area contributed by atoms with Crippen molar-refractivity contribution in [3.8, 4) is 0 Å². The van der Waals surface area contributed by atoms with E-state index >= 15 is 0 Å². The Labute approximate surface area is 172 Å². The number of rotatable bonds is 6. The van der Waals surface area contributed by atoms with E-state index in [0.717, 1.165) is 19.1 Å². The number of nitrogens with one attached hydrogen (secondary N) is 1. The van der Waals surface area contributed by atoms with Crippen molar-refractivity contribution in [1.29, 1.82) is 0 Å². The van der Waals surface area contributed by atoms with Crippen LogP contribution in [-0.4, -0.2) is 39.2 Å². The van der Waals surface area contributed by atoms with E-state index < -0.39 is 9.84 Å². The van der Waals surface area contributed by atoms with Crippen molar-refractivity contribution >= 4 is 38.4 Å². The lowest BCUT2D eigenvalue weighted by atomic mass is 9.85. The SMILES string of the molecule is CS(=O)(=O)c1ccc(CNc2nc3cnc(Cl)nc3n(CC3CCC3)c2=O)nc1. The molecule has 1 saturated carbocycles. The minimum Gasteiger partial charge on any atom is -0.360 e. The molecule has 3 heterocycles. The maximum Gasteiger partial charge on any atom is 0.294 e. The second kappa shape index (κ2) is 7.68. The standard InChI is InChI=1S/C18H19ClN6O3S/c1-29(27,28)13-6-5-12(20-8-13)7-21-15-17(26)25(10-11-3-2-4-11)16-14(23-15)9-22-18(19)24-16/h5-6,8-9,11H,2-4,7,10H2,1H3,(H,21,23). The van der Waals surface area contributed by atoms with Crippen LogP contribution in [0.4, 0.5) is 5.82 Å². The van der Waals surface area contributed by atoms with Gasteiger partial charge in [0.2, 0.25) is 5.28 Å². The lowest BCUT2D eigenvalue weighted by molar-refractivity contribution is 0.276. The van der Waals surface area contributed by atoms with Gasteiger partial charge in [0.25, 0.3) is 5.56 Å². The van der Waals surface area contributed by atoms with Crippen LogP contribution in [-0.2, 0) is 22.9 Å². The predicted molar refractivity (Wildman–Crippen MR) is 109 cm³/mol. The largest absolute Gasteiger partial charge is 0.360 e. The van der Waals surface area contributed by atoms with Crippen molar-refractivity contribution in [3.05, 3.63) is 45.9 Å². The fraction of sp³-hybridized carbons (Fsp3) is 0.389. The zero-order chi connectivity index (χ0) is 20.6. The molecule has 0 unspecified atom stereocenters. The molecule has 0 atom stereocenters. The summed E-state index contributed by atoms with van der Waals surface area (Å²) in [6.07, 6.45) is 7.23. The van der Waals surface area contributed by atoms with E-state index in [1.165, 1.54) is 24.9 Å². The average Bonchev–Trinajstić information content (AvgIpc) is 2.64. The monoisotopic (exact) mass is 434 g/mol. The van der Waals surface area contributed by atoms with E-state index in [9.17, 15) is 13.2 Å². The average molecular weight is 435 g/mol. The van der Waals surface area contributed by atoms with Gasteiger partial charge in [-0.1, -0.05) is 6.42 Å². The molecular formula is C18H19ClN6O3S. The van der Waals surface area contributed by atoms with Crippen LogP contribution in [0.2, 0.25) is 5.28 Å². The number of aromatic nitrogens is 5. The Morgan fingerprint density at radius 3 is 2.62 bits per heavy atom. The molecule has 11 heteroatoms. The van der Waals surface area contributed by atoms with Crippen LogP contribution < -0.4 is 10.9 Å². The lowest BCUT2D eigenvalue weighted by Crippen LogP contribution is -2.30. The minimum atomic E-state index is -3.31. The maximum atomic E-state index is 13.0. The van der Waals surface area contributed by atoms with Crippen LogP contribution in [0.15, 0.2) is 34.2 Å². The Balaban J connectivity index is 1.64. The Hall–Kier alpha value is -2.59. The fourth-order valence-electron chi connectivity index (χ4n) is 3.14. The second-order valence-corrected chi connectivity index (χ2v) is 9.49. The highest BCUT2D eigenvalue weighted by molar-refractivity contribution is 7.90. The number of hydrogen-bond donors (Lipinski definition) is 1. The Bertz CT molecular complexity index is 1220. The molecule has 3 aromatic heterocycles. The van der Waals surface area contributed by atoms with Crippen LogP contribution in [0.3, 0.4) is 0 Å². The molecule has 1 aliphatic carbocycles. The van der Waals surface area contributed by atoms with Crippen molar-refractivity contribution in [1.82, 2.24) is 24.5 Å². The predicted octanol–water partition coefficient (Wildman–Crippen LogP) is 2.05. The smallest absolute Gasteiger partial charge is 0.294 e. The zero-order valence-electron chi connectivity index (χ0n) is 15.7. The van der Waals surface area contributed by atoms with Crippen molar-refractivity contribution in [3.63, 3.8) is 0 Å². The molecule has 4 rings (SSSR count). The van der Waals surface area contributed by atoms with E-state index in [4.69, 9.17) is 11.6 Å². The van der Waals surface area contributed by atoms with Crippen LogP contribution >= 0.6 is 11.6 Å². The fourth-order valence-corrected chi connectivity index (χ4v) is 3.83. The van der Waals surface area contributed by atoms with Gasteiger partial charge in [0, 0.05) is 19.0 Å².